The molecule has 0 saturated heterocycles. The summed E-state index contributed by atoms with van der Waals surface area (Å²) in [6, 6.07) is 0. The smallest absolute Gasteiger partial charge is 0.135 e. The SMILES string of the molecule is CC(=O)[C@H](C)[C@H](O)C(C)(C)C. The molecule has 0 aliphatic carbocycles. The molecule has 0 aliphatic heterocycles. The fraction of sp³-hybridized carbons (Fsp3) is 0.889. The van der Waals surface area contributed by atoms with Crippen LogP contribution in [0.3, 0.4) is 0 Å². The van der Waals surface area contributed by atoms with Crippen LogP contribution in [0.15, 0.2) is 0 Å². The summed E-state index contributed by atoms with van der Waals surface area (Å²) >= 11 is 0. The monoisotopic (exact) mass is 158 g/mol. The molecule has 2 heteroatoms. The Labute approximate surface area is 68.6 Å². The largest absolute Gasteiger partial charge is 0.392 e. The van der Waals surface area contributed by atoms with E-state index in [1.807, 2.05) is 20.8 Å². The number of aliphatic hydroxyl groups excluding tert-OH is 1. The zero-order chi connectivity index (χ0) is 9.23. The lowest BCUT2D eigenvalue weighted by molar-refractivity contribution is -0.126. The van der Waals surface area contributed by atoms with Gasteiger partial charge in [0.2, 0.25) is 0 Å². The molecule has 0 aromatic carbocycles. The predicted octanol–water partition coefficient (Wildman–Crippen LogP) is 1.62. The first-order chi connectivity index (χ1) is 4.76. The summed E-state index contributed by atoms with van der Waals surface area (Å²) in [6.07, 6.45) is -0.542. The van der Waals surface area contributed by atoms with Gasteiger partial charge < -0.3 is 5.11 Å². The second-order valence-electron chi connectivity index (χ2n) is 4.21. The summed E-state index contributed by atoms with van der Waals surface area (Å²) in [4.78, 5) is 10.9. The van der Waals surface area contributed by atoms with Crippen LogP contribution < -0.4 is 0 Å². The molecule has 2 nitrogen and oxygen atoms in total. The van der Waals surface area contributed by atoms with Crippen molar-refractivity contribution in [3.63, 3.8) is 0 Å². The van der Waals surface area contributed by atoms with Crippen molar-refractivity contribution in [2.75, 3.05) is 0 Å². The summed E-state index contributed by atoms with van der Waals surface area (Å²) in [5, 5.41) is 9.60. The van der Waals surface area contributed by atoms with Gasteiger partial charge in [-0.1, -0.05) is 27.7 Å². The maximum absolute atomic E-state index is 10.9. The summed E-state index contributed by atoms with van der Waals surface area (Å²) in [7, 11) is 0. The van der Waals surface area contributed by atoms with Crippen molar-refractivity contribution in [1.82, 2.24) is 0 Å². The lowest BCUT2D eigenvalue weighted by atomic mass is 9.81. The van der Waals surface area contributed by atoms with E-state index < -0.39 is 6.10 Å². The second kappa shape index (κ2) is 3.35. The summed E-state index contributed by atoms with van der Waals surface area (Å²) in [6.45, 7) is 9.06. The van der Waals surface area contributed by atoms with Gasteiger partial charge in [-0.05, 0) is 12.3 Å². The zero-order valence-electron chi connectivity index (χ0n) is 8.01. The van der Waals surface area contributed by atoms with Crippen LogP contribution in [0.5, 0.6) is 0 Å². The van der Waals surface area contributed by atoms with Gasteiger partial charge >= 0.3 is 0 Å². The number of carbonyl (C=O) groups excluding carboxylic acids is 1. The minimum absolute atomic E-state index is 0.0485. The third-order valence-electron chi connectivity index (χ3n) is 2.00. The molecule has 0 spiro atoms. The highest BCUT2D eigenvalue weighted by Crippen LogP contribution is 2.25. The third-order valence-corrected chi connectivity index (χ3v) is 2.00. The molecular formula is C9H18O2. The molecule has 11 heavy (non-hydrogen) atoms. The molecule has 0 aromatic heterocycles. The number of rotatable bonds is 2. The van der Waals surface area contributed by atoms with Crippen LogP contribution in [0.2, 0.25) is 0 Å². The van der Waals surface area contributed by atoms with E-state index in [1.165, 1.54) is 6.92 Å². The van der Waals surface area contributed by atoms with Gasteiger partial charge in [-0.25, -0.2) is 0 Å². The van der Waals surface area contributed by atoms with Gasteiger partial charge in [0.05, 0.1) is 6.10 Å². The lowest BCUT2D eigenvalue weighted by Gasteiger charge is -2.29. The van der Waals surface area contributed by atoms with Crippen molar-refractivity contribution < 1.29 is 9.90 Å². The van der Waals surface area contributed by atoms with Crippen LogP contribution >= 0.6 is 0 Å². The van der Waals surface area contributed by atoms with E-state index in [9.17, 15) is 9.90 Å². The van der Waals surface area contributed by atoms with E-state index >= 15 is 0 Å². The first-order valence-corrected chi connectivity index (χ1v) is 3.95. The molecule has 0 amide bonds. The van der Waals surface area contributed by atoms with Crippen LogP contribution in [-0.4, -0.2) is 17.0 Å². The van der Waals surface area contributed by atoms with E-state index in [0.29, 0.717) is 0 Å². The molecule has 0 bridgehead atoms. The van der Waals surface area contributed by atoms with Gasteiger partial charge in [0.1, 0.15) is 5.78 Å². The fourth-order valence-corrected chi connectivity index (χ4v) is 0.972. The Morgan fingerprint density at radius 3 is 1.82 bits per heavy atom. The second-order valence-corrected chi connectivity index (χ2v) is 4.21. The normalized spacial score (nSPS) is 17.6. The standard InChI is InChI=1S/C9H18O2/c1-6(7(2)10)8(11)9(3,4)5/h6,8,11H,1-5H3/t6-,8-/m0/s1. The van der Waals surface area contributed by atoms with Gasteiger partial charge in [0.15, 0.2) is 0 Å². The van der Waals surface area contributed by atoms with Gasteiger partial charge in [0, 0.05) is 5.92 Å². The highest BCUT2D eigenvalue weighted by Gasteiger charge is 2.29. The molecular weight excluding hydrogens is 140 g/mol. The highest BCUT2D eigenvalue weighted by atomic mass is 16.3. The molecule has 66 valence electrons. The molecule has 0 aliphatic rings. The summed E-state index contributed by atoms with van der Waals surface area (Å²) < 4.78 is 0. The van der Waals surface area contributed by atoms with Crippen molar-refractivity contribution in [3.8, 4) is 0 Å². The first-order valence-electron chi connectivity index (χ1n) is 3.95. The van der Waals surface area contributed by atoms with Crippen LogP contribution in [0, 0.1) is 11.3 Å². The molecule has 0 rings (SSSR count). The number of Topliss-reactive ketones (excluding diaryl/α,β-unsaturated/α-hetero) is 1. The average Bonchev–Trinajstić information content (AvgIpc) is 1.82. The van der Waals surface area contributed by atoms with E-state index in [4.69, 9.17) is 0 Å². The predicted molar refractivity (Wildman–Crippen MR) is 45.3 cm³/mol. The Morgan fingerprint density at radius 2 is 1.73 bits per heavy atom. The number of carbonyl (C=O) groups is 1. The van der Waals surface area contributed by atoms with Crippen LogP contribution in [-0.2, 0) is 4.79 Å². The fourth-order valence-electron chi connectivity index (χ4n) is 0.972. The summed E-state index contributed by atoms with van der Waals surface area (Å²) in [5.74, 6) is -0.206. The molecule has 0 fully saturated rings. The summed E-state index contributed by atoms with van der Waals surface area (Å²) in [5.41, 5.74) is -0.203. The number of aliphatic hydroxyl groups is 1. The minimum Gasteiger partial charge on any atom is -0.392 e. The first kappa shape index (κ1) is 10.6. The van der Waals surface area contributed by atoms with Crippen LogP contribution in [0.4, 0.5) is 0 Å². The quantitative estimate of drug-likeness (QED) is 0.663. The Bertz CT molecular complexity index is 144. The van der Waals surface area contributed by atoms with Crippen LogP contribution in [0.1, 0.15) is 34.6 Å². The maximum Gasteiger partial charge on any atom is 0.135 e. The van der Waals surface area contributed by atoms with Crippen molar-refractivity contribution in [1.29, 1.82) is 0 Å². The Hall–Kier alpha value is -0.370. The van der Waals surface area contributed by atoms with E-state index in [1.54, 1.807) is 6.92 Å². The Morgan fingerprint density at radius 1 is 1.36 bits per heavy atom. The lowest BCUT2D eigenvalue weighted by Crippen LogP contribution is -2.35. The maximum atomic E-state index is 10.9. The Kier molecular flexibility index (Phi) is 3.24. The van der Waals surface area contributed by atoms with Crippen LogP contribution in [0.25, 0.3) is 0 Å². The minimum atomic E-state index is -0.542. The zero-order valence-corrected chi connectivity index (χ0v) is 8.01. The molecule has 0 aromatic rings. The van der Waals surface area contributed by atoms with E-state index in [-0.39, 0.29) is 17.1 Å². The highest BCUT2D eigenvalue weighted by molar-refractivity contribution is 5.78. The average molecular weight is 158 g/mol. The van der Waals surface area contributed by atoms with Crippen molar-refractivity contribution in [3.05, 3.63) is 0 Å². The number of hydrogen-bond donors (Lipinski definition) is 1. The van der Waals surface area contributed by atoms with E-state index in [0.717, 1.165) is 0 Å². The van der Waals surface area contributed by atoms with E-state index in [2.05, 4.69) is 0 Å². The van der Waals surface area contributed by atoms with Crippen molar-refractivity contribution in [2.24, 2.45) is 11.3 Å². The van der Waals surface area contributed by atoms with Gasteiger partial charge in [0.25, 0.3) is 0 Å². The number of hydrogen-bond acceptors (Lipinski definition) is 2. The van der Waals surface area contributed by atoms with Gasteiger partial charge in [-0.15, -0.1) is 0 Å². The number of ketones is 1. The van der Waals surface area contributed by atoms with Gasteiger partial charge in [-0.3, -0.25) is 4.79 Å². The Balaban J connectivity index is 4.25. The molecule has 0 heterocycles. The topological polar surface area (TPSA) is 37.3 Å². The molecule has 2 atom stereocenters. The van der Waals surface area contributed by atoms with Crippen molar-refractivity contribution in [2.45, 2.75) is 40.7 Å². The third kappa shape index (κ3) is 3.02. The molecule has 1 N–H and O–H groups in total. The van der Waals surface area contributed by atoms with Gasteiger partial charge in [-0.2, -0.15) is 0 Å². The van der Waals surface area contributed by atoms with Crippen molar-refractivity contribution >= 4 is 5.78 Å². The molecule has 0 radical (unpaired) electrons. The molecule has 0 unspecified atom stereocenters. The molecule has 0 saturated carbocycles.